The van der Waals surface area contributed by atoms with Crippen molar-refractivity contribution in [3.63, 3.8) is 0 Å². The molecule has 4 heteroatoms. The molecule has 1 saturated heterocycles. The van der Waals surface area contributed by atoms with Crippen LogP contribution in [0.25, 0.3) is 0 Å². The molecule has 2 rings (SSSR count). The van der Waals surface area contributed by atoms with Crippen LogP contribution >= 0.6 is 0 Å². The first-order chi connectivity index (χ1) is 10.2. The molecule has 0 aromatic carbocycles. The van der Waals surface area contributed by atoms with Crippen molar-refractivity contribution in [1.82, 2.24) is 14.8 Å². The number of aliphatic hydroxyl groups excluding tert-OH is 1. The quantitative estimate of drug-likeness (QED) is 0.904. The average molecular weight is 293 g/mol. The van der Waals surface area contributed by atoms with E-state index in [-0.39, 0.29) is 6.61 Å². The molecular weight excluding hydrogens is 262 g/mol. The van der Waals surface area contributed by atoms with Crippen molar-refractivity contribution < 1.29 is 5.11 Å². The van der Waals surface area contributed by atoms with E-state index in [9.17, 15) is 0 Å². The molecule has 0 saturated carbocycles. The van der Waals surface area contributed by atoms with Gasteiger partial charge in [-0.25, -0.2) is 0 Å². The van der Waals surface area contributed by atoms with E-state index in [1.807, 2.05) is 26.2 Å². The fourth-order valence-electron chi connectivity index (χ4n) is 2.48. The molecule has 2 heterocycles. The average Bonchev–Trinajstić information content (AvgIpc) is 2.52. The Morgan fingerprint density at radius 1 is 1.10 bits per heavy atom. The Morgan fingerprint density at radius 3 is 2.29 bits per heavy atom. The van der Waals surface area contributed by atoms with Crippen molar-refractivity contribution in [2.75, 3.05) is 39.3 Å². The van der Waals surface area contributed by atoms with Crippen molar-refractivity contribution in [2.45, 2.75) is 40.2 Å². The zero-order valence-corrected chi connectivity index (χ0v) is 14.0. The molecule has 0 aliphatic carbocycles. The Kier molecular flexibility index (Phi) is 8.50. The lowest BCUT2D eigenvalue weighted by atomic mass is 10.0. The second kappa shape index (κ2) is 9.87. The highest BCUT2D eigenvalue weighted by molar-refractivity contribution is 5.20. The second-order valence-electron chi connectivity index (χ2n) is 5.62. The smallest absolute Gasteiger partial charge is 0.0558 e. The Labute approximate surface area is 129 Å². The Hall–Kier alpha value is -0.970. The largest absolute Gasteiger partial charge is 0.395 e. The van der Waals surface area contributed by atoms with Gasteiger partial charge in [0.15, 0.2) is 0 Å². The fraction of sp³-hybridized carbons (Fsp3) is 0.706. The van der Waals surface area contributed by atoms with Gasteiger partial charge >= 0.3 is 0 Å². The number of piperazine rings is 1. The monoisotopic (exact) mass is 293 g/mol. The first-order valence-electron chi connectivity index (χ1n) is 8.18. The second-order valence-corrected chi connectivity index (χ2v) is 5.62. The maximum Gasteiger partial charge on any atom is 0.0558 e. The number of aromatic nitrogens is 1. The predicted molar refractivity (Wildman–Crippen MR) is 88.5 cm³/mol. The standard InChI is InChI=1S/C15H25N3O.C2H6/c1-13(2)15-9-14(10-16-11-15)12-18-5-3-17(4-6-18)7-8-19;1-2/h9-11,13,19H,3-8,12H2,1-2H3;1-2H3. The van der Waals surface area contributed by atoms with Gasteiger partial charge in [0, 0.05) is 51.7 Å². The van der Waals surface area contributed by atoms with Gasteiger partial charge in [-0.05, 0) is 17.0 Å². The van der Waals surface area contributed by atoms with Gasteiger partial charge in [-0.1, -0.05) is 33.8 Å². The number of rotatable bonds is 5. The Bertz CT molecular complexity index is 387. The number of nitrogens with zero attached hydrogens (tertiary/aromatic N) is 3. The number of hydrogen-bond donors (Lipinski definition) is 1. The van der Waals surface area contributed by atoms with Crippen molar-refractivity contribution in [2.24, 2.45) is 0 Å². The molecule has 1 fully saturated rings. The van der Waals surface area contributed by atoms with Crippen LogP contribution in [0.2, 0.25) is 0 Å². The normalized spacial score (nSPS) is 16.7. The zero-order valence-electron chi connectivity index (χ0n) is 14.0. The Morgan fingerprint density at radius 2 is 1.71 bits per heavy atom. The molecule has 0 amide bonds. The molecule has 1 aliphatic rings. The van der Waals surface area contributed by atoms with Crippen LogP contribution < -0.4 is 0 Å². The maximum atomic E-state index is 8.94. The van der Waals surface area contributed by atoms with Crippen LogP contribution in [0.4, 0.5) is 0 Å². The SMILES string of the molecule is CC.CC(C)c1cncc(CN2CCN(CCO)CC2)c1. The third kappa shape index (κ3) is 6.12. The third-order valence-corrected chi connectivity index (χ3v) is 3.77. The van der Waals surface area contributed by atoms with E-state index in [0.717, 1.165) is 39.3 Å². The lowest BCUT2D eigenvalue weighted by molar-refractivity contribution is 0.108. The molecule has 1 aliphatic heterocycles. The van der Waals surface area contributed by atoms with Gasteiger partial charge in [0.1, 0.15) is 0 Å². The van der Waals surface area contributed by atoms with Crippen LogP contribution in [-0.2, 0) is 6.54 Å². The van der Waals surface area contributed by atoms with E-state index in [2.05, 4.69) is 34.7 Å². The topological polar surface area (TPSA) is 39.6 Å². The molecule has 1 aromatic heterocycles. The summed E-state index contributed by atoms with van der Waals surface area (Å²) in [6.45, 7) is 14.7. The summed E-state index contributed by atoms with van der Waals surface area (Å²) < 4.78 is 0. The summed E-state index contributed by atoms with van der Waals surface area (Å²) in [7, 11) is 0. The van der Waals surface area contributed by atoms with Gasteiger partial charge in [0.05, 0.1) is 6.61 Å². The third-order valence-electron chi connectivity index (χ3n) is 3.77. The molecule has 0 unspecified atom stereocenters. The molecule has 0 bridgehead atoms. The summed E-state index contributed by atoms with van der Waals surface area (Å²) in [6, 6.07) is 2.28. The molecule has 4 nitrogen and oxygen atoms in total. The van der Waals surface area contributed by atoms with Gasteiger partial charge in [0.2, 0.25) is 0 Å². The van der Waals surface area contributed by atoms with Crippen molar-refractivity contribution in [1.29, 1.82) is 0 Å². The highest BCUT2D eigenvalue weighted by Gasteiger charge is 2.16. The van der Waals surface area contributed by atoms with E-state index in [1.54, 1.807) is 0 Å². The minimum Gasteiger partial charge on any atom is -0.395 e. The fourth-order valence-corrected chi connectivity index (χ4v) is 2.48. The van der Waals surface area contributed by atoms with Gasteiger partial charge < -0.3 is 5.11 Å². The molecule has 0 radical (unpaired) electrons. The summed E-state index contributed by atoms with van der Waals surface area (Å²) in [4.78, 5) is 9.13. The van der Waals surface area contributed by atoms with Crippen LogP contribution in [0, 0.1) is 0 Å². The van der Waals surface area contributed by atoms with Crippen molar-refractivity contribution >= 4 is 0 Å². The lowest BCUT2D eigenvalue weighted by Gasteiger charge is -2.34. The van der Waals surface area contributed by atoms with E-state index in [4.69, 9.17) is 5.11 Å². The summed E-state index contributed by atoms with van der Waals surface area (Å²) >= 11 is 0. The van der Waals surface area contributed by atoms with E-state index >= 15 is 0 Å². The van der Waals surface area contributed by atoms with Crippen molar-refractivity contribution in [3.05, 3.63) is 29.6 Å². The van der Waals surface area contributed by atoms with Crippen LogP contribution in [0.1, 0.15) is 44.7 Å². The minimum atomic E-state index is 0.264. The van der Waals surface area contributed by atoms with Gasteiger partial charge in [-0.2, -0.15) is 0 Å². The van der Waals surface area contributed by atoms with Crippen LogP contribution in [-0.4, -0.2) is 59.2 Å². The highest BCUT2D eigenvalue weighted by atomic mass is 16.3. The van der Waals surface area contributed by atoms with E-state index in [1.165, 1.54) is 11.1 Å². The molecule has 21 heavy (non-hydrogen) atoms. The molecule has 0 spiro atoms. The van der Waals surface area contributed by atoms with Gasteiger partial charge in [-0.3, -0.25) is 14.8 Å². The zero-order chi connectivity index (χ0) is 15.7. The van der Waals surface area contributed by atoms with Gasteiger partial charge in [-0.15, -0.1) is 0 Å². The molecule has 1 N–H and O–H groups in total. The van der Waals surface area contributed by atoms with E-state index < -0.39 is 0 Å². The number of pyridine rings is 1. The van der Waals surface area contributed by atoms with Crippen LogP contribution in [0.5, 0.6) is 0 Å². The lowest BCUT2D eigenvalue weighted by Crippen LogP contribution is -2.46. The number of β-amino-alcohol motifs (C(OH)–C–C–N with tert-alkyl or cyclic N) is 1. The van der Waals surface area contributed by atoms with Crippen LogP contribution in [0.15, 0.2) is 18.5 Å². The summed E-state index contributed by atoms with van der Waals surface area (Å²) in [5, 5.41) is 8.94. The Balaban J connectivity index is 0.00000106. The van der Waals surface area contributed by atoms with Crippen molar-refractivity contribution in [3.8, 4) is 0 Å². The maximum absolute atomic E-state index is 8.94. The summed E-state index contributed by atoms with van der Waals surface area (Å²) in [5.41, 5.74) is 2.62. The first kappa shape index (κ1) is 18.1. The molecular formula is C17H31N3O. The van der Waals surface area contributed by atoms with Gasteiger partial charge in [0.25, 0.3) is 0 Å². The number of hydrogen-bond acceptors (Lipinski definition) is 4. The number of aliphatic hydroxyl groups is 1. The summed E-state index contributed by atoms with van der Waals surface area (Å²) in [5.74, 6) is 0.536. The molecule has 0 atom stereocenters. The van der Waals surface area contributed by atoms with Crippen LogP contribution in [0.3, 0.4) is 0 Å². The minimum absolute atomic E-state index is 0.264. The first-order valence-corrected chi connectivity index (χ1v) is 8.18. The predicted octanol–water partition coefficient (Wildman–Crippen LogP) is 2.34. The summed E-state index contributed by atoms with van der Waals surface area (Å²) in [6.07, 6.45) is 3.94. The molecule has 120 valence electrons. The highest BCUT2D eigenvalue weighted by Crippen LogP contribution is 2.15. The molecule has 1 aromatic rings. The van der Waals surface area contributed by atoms with E-state index in [0.29, 0.717) is 5.92 Å².